The zero-order valence-corrected chi connectivity index (χ0v) is 16.4. The average molecular weight is 398 g/mol. The van der Waals surface area contributed by atoms with Gasteiger partial charge in [-0.3, -0.25) is 9.59 Å². The summed E-state index contributed by atoms with van der Waals surface area (Å²) < 4.78 is 0. The molecule has 2 aromatic heterocycles. The van der Waals surface area contributed by atoms with E-state index in [-0.39, 0.29) is 17.2 Å². The van der Waals surface area contributed by atoms with E-state index in [1.54, 1.807) is 11.3 Å². The fourth-order valence-corrected chi connectivity index (χ4v) is 6.11. The number of aromatic amines is 1. The van der Waals surface area contributed by atoms with Crippen LogP contribution in [0.25, 0.3) is 10.2 Å². The van der Waals surface area contributed by atoms with Crippen molar-refractivity contribution < 1.29 is 4.79 Å². The third-order valence-corrected chi connectivity index (χ3v) is 7.34. The summed E-state index contributed by atoms with van der Waals surface area (Å²) >= 11 is 2.94. The number of thioether (sulfide) groups is 1. The van der Waals surface area contributed by atoms with Crippen LogP contribution >= 0.6 is 23.1 Å². The Kier molecular flexibility index (Phi) is 4.28. The highest BCUT2D eigenvalue weighted by Crippen LogP contribution is 2.35. The number of aryl methyl sites for hydroxylation is 3. The summed E-state index contributed by atoms with van der Waals surface area (Å²) in [4.78, 5) is 36.8. The van der Waals surface area contributed by atoms with Crippen molar-refractivity contribution >= 4 is 44.9 Å². The highest BCUT2D eigenvalue weighted by atomic mass is 32.2. The van der Waals surface area contributed by atoms with Crippen molar-refractivity contribution in [3.8, 4) is 0 Å². The fraction of sp³-hybridized carbons (Fsp3) is 0.350. The van der Waals surface area contributed by atoms with Gasteiger partial charge in [-0.05, 0) is 49.3 Å². The molecule has 0 saturated heterocycles. The van der Waals surface area contributed by atoms with E-state index in [0.29, 0.717) is 5.16 Å². The minimum atomic E-state index is -0.0716. The summed E-state index contributed by atoms with van der Waals surface area (Å²) in [5.74, 6) is 0.331. The monoisotopic (exact) mass is 397 g/mol. The van der Waals surface area contributed by atoms with Gasteiger partial charge in [0.15, 0.2) is 5.16 Å². The van der Waals surface area contributed by atoms with Gasteiger partial charge in [0.05, 0.1) is 11.1 Å². The van der Waals surface area contributed by atoms with Crippen LogP contribution in [0.5, 0.6) is 0 Å². The zero-order valence-electron chi connectivity index (χ0n) is 14.8. The molecule has 5 nitrogen and oxygen atoms in total. The van der Waals surface area contributed by atoms with E-state index >= 15 is 0 Å². The molecule has 138 valence electrons. The van der Waals surface area contributed by atoms with E-state index in [1.807, 2.05) is 23.1 Å². The molecule has 0 saturated carbocycles. The number of benzene rings is 1. The predicted octanol–water partition coefficient (Wildman–Crippen LogP) is 3.54. The van der Waals surface area contributed by atoms with Crippen molar-refractivity contribution in [2.45, 2.75) is 37.3 Å². The van der Waals surface area contributed by atoms with Gasteiger partial charge < -0.3 is 9.88 Å². The molecule has 1 aliphatic carbocycles. The van der Waals surface area contributed by atoms with Crippen LogP contribution in [0.2, 0.25) is 0 Å². The molecule has 1 amide bonds. The summed E-state index contributed by atoms with van der Waals surface area (Å²) in [6.07, 6.45) is 5.14. The quantitative estimate of drug-likeness (QED) is 0.542. The van der Waals surface area contributed by atoms with Crippen LogP contribution in [0.3, 0.4) is 0 Å². The van der Waals surface area contributed by atoms with Gasteiger partial charge in [-0.1, -0.05) is 30.0 Å². The Morgan fingerprint density at radius 1 is 1.22 bits per heavy atom. The van der Waals surface area contributed by atoms with Crippen LogP contribution in [0.15, 0.2) is 34.2 Å². The number of anilines is 1. The lowest BCUT2D eigenvalue weighted by Crippen LogP contribution is -2.36. The third-order valence-electron chi connectivity index (χ3n) is 5.30. The van der Waals surface area contributed by atoms with Crippen molar-refractivity contribution in [1.82, 2.24) is 9.97 Å². The van der Waals surface area contributed by atoms with Crippen LogP contribution in [0.4, 0.5) is 5.69 Å². The van der Waals surface area contributed by atoms with E-state index in [4.69, 9.17) is 0 Å². The van der Waals surface area contributed by atoms with Crippen LogP contribution in [0.1, 0.15) is 28.8 Å². The molecule has 0 radical (unpaired) electrons. The topological polar surface area (TPSA) is 66.1 Å². The van der Waals surface area contributed by atoms with E-state index in [2.05, 4.69) is 16.0 Å². The number of nitrogens with zero attached hydrogens (tertiary/aromatic N) is 2. The number of H-pyrrole nitrogens is 1. The molecule has 5 rings (SSSR count). The minimum absolute atomic E-state index is 0.0589. The molecule has 3 heterocycles. The molecule has 7 heteroatoms. The van der Waals surface area contributed by atoms with Crippen molar-refractivity contribution in [2.24, 2.45) is 0 Å². The average Bonchev–Trinajstić information content (AvgIpc) is 3.26. The highest BCUT2D eigenvalue weighted by Gasteiger charge is 2.24. The Balaban J connectivity index is 1.36. The summed E-state index contributed by atoms with van der Waals surface area (Å²) in [5, 5.41) is 1.29. The summed E-state index contributed by atoms with van der Waals surface area (Å²) in [6.45, 7) is 0.747. The van der Waals surface area contributed by atoms with E-state index in [1.165, 1.54) is 27.8 Å². The Hall–Kier alpha value is -2.12. The number of amides is 1. The smallest absolute Gasteiger partial charge is 0.260 e. The standard InChI is InChI=1S/C20H19N3O2S2/c24-16(23-10-4-6-12-5-1-2-8-14(12)23)11-26-20-21-18(25)17-13-7-3-9-15(13)27-19(17)22-20/h1-2,5,8H,3-4,6-7,9-11H2,(H,21,22,25). The van der Waals surface area contributed by atoms with Gasteiger partial charge in [0, 0.05) is 17.1 Å². The zero-order chi connectivity index (χ0) is 18.4. The molecule has 0 atom stereocenters. The summed E-state index contributed by atoms with van der Waals surface area (Å²) in [5.41, 5.74) is 3.35. The number of thiophene rings is 1. The van der Waals surface area contributed by atoms with Crippen LogP contribution in [-0.4, -0.2) is 28.2 Å². The van der Waals surface area contributed by atoms with Gasteiger partial charge in [-0.2, -0.15) is 0 Å². The molecular formula is C20H19N3O2S2. The van der Waals surface area contributed by atoms with Crippen LogP contribution < -0.4 is 10.5 Å². The molecule has 2 aliphatic rings. The first-order chi connectivity index (χ1) is 13.2. The number of hydrogen-bond donors (Lipinski definition) is 1. The van der Waals surface area contributed by atoms with Gasteiger partial charge >= 0.3 is 0 Å². The second kappa shape index (κ2) is 6.80. The molecule has 0 bridgehead atoms. The Morgan fingerprint density at radius 3 is 3.04 bits per heavy atom. The molecule has 0 unspecified atom stereocenters. The largest absolute Gasteiger partial charge is 0.311 e. The number of carbonyl (C=O) groups is 1. The number of hydrogen-bond acceptors (Lipinski definition) is 5. The lowest BCUT2D eigenvalue weighted by atomic mass is 10.0. The molecule has 1 aliphatic heterocycles. The van der Waals surface area contributed by atoms with Gasteiger partial charge in [0.2, 0.25) is 5.91 Å². The molecule has 3 aromatic rings. The lowest BCUT2D eigenvalue weighted by molar-refractivity contribution is -0.116. The fourth-order valence-electron chi connectivity index (χ4n) is 4.05. The van der Waals surface area contributed by atoms with Gasteiger partial charge in [-0.25, -0.2) is 4.98 Å². The van der Waals surface area contributed by atoms with Gasteiger partial charge in [0.1, 0.15) is 4.83 Å². The lowest BCUT2D eigenvalue weighted by Gasteiger charge is -2.29. The molecule has 0 fully saturated rings. The van der Waals surface area contributed by atoms with Gasteiger partial charge in [-0.15, -0.1) is 11.3 Å². The van der Waals surface area contributed by atoms with Crippen molar-refractivity contribution in [1.29, 1.82) is 0 Å². The van der Waals surface area contributed by atoms with E-state index < -0.39 is 0 Å². The molecule has 27 heavy (non-hydrogen) atoms. The van der Waals surface area contributed by atoms with Crippen LogP contribution in [-0.2, 0) is 24.1 Å². The second-order valence-corrected chi connectivity index (χ2v) is 9.02. The van der Waals surface area contributed by atoms with Crippen molar-refractivity contribution in [2.75, 3.05) is 17.2 Å². The molecule has 1 aromatic carbocycles. The first-order valence-electron chi connectivity index (χ1n) is 9.26. The van der Waals surface area contributed by atoms with Crippen LogP contribution in [0, 0.1) is 0 Å². The number of rotatable bonds is 3. The number of nitrogens with one attached hydrogen (secondary N) is 1. The Bertz CT molecular complexity index is 1100. The van der Waals surface area contributed by atoms with E-state index in [0.717, 1.165) is 54.6 Å². The predicted molar refractivity (Wildman–Crippen MR) is 110 cm³/mol. The molecule has 0 spiro atoms. The number of carbonyl (C=O) groups excluding carboxylic acids is 1. The molecule has 1 N–H and O–H groups in total. The Labute approximate surface area is 164 Å². The van der Waals surface area contributed by atoms with Crippen molar-refractivity contribution in [3.63, 3.8) is 0 Å². The summed E-state index contributed by atoms with van der Waals surface area (Å²) in [6, 6.07) is 8.09. The minimum Gasteiger partial charge on any atom is -0.311 e. The maximum Gasteiger partial charge on any atom is 0.260 e. The maximum absolute atomic E-state index is 12.8. The first-order valence-corrected chi connectivity index (χ1v) is 11.1. The number of aromatic nitrogens is 2. The summed E-state index contributed by atoms with van der Waals surface area (Å²) in [7, 11) is 0. The third kappa shape index (κ3) is 2.99. The number of para-hydroxylation sites is 1. The highest BCUT2D eigenvalue weighted by molar-refractivity contribution is 7.99. The maximum atomic E-state index is 12.8. The van der Waals surface area contributed by atoms with Crippen molar-refractivity contribution in [3.05, 3.63) is 50.6 Å². The van der Waals surface area contributed by atoms with E-state index in [9.17, 15) is 9.59 Å². The van der Waals surface area contributed by atoms with Gasteiger partial charge in [0.25, 0.3) is 5.56 Å². The molecular weight excluding hydrogens is 378 g/mol. The second-order valence-electron chi connectivity index (χ2n) is 6.97. The SMILES string of the molecule is O=C(CSc1nc2sc3c(c2c(=O)[nH]1)CCC3)N1CCCc2ccccc21. The first kappa shape index (κ1) is 17.0. The number of fused-ring (bicyclic) bond motifs is 4. The Morgan fingerprint density at radius 2 is 2.11 bits per heavy atom. The normalized spacial score (nSPS) is 15.8.